The van der Waals surface area contributed by atoms with Crippen LogP contribution in [0.3, 0.4) is 0 Å². The summed E-state index contributed by atoms with van der Waals surface area (Å²) >= 11 is 1.08. The second-order valence-electron chi connectivity index (χ2n) is 6.93. The van der Waals surface area contributed by atoms with Gasteiger partial charge in [0.1, 0.15) is 21.3 Å². The van der Waals surface area contributed by atoms with Crippen LogP contribution in [0.1, 0.15) is 28.1 Å². The van der Waals surface area contributed by atoms with E-state index in [1.165, 1.54) is 34.8 Å². The molecule has 162 valence electrons. The van der Waals surface area contributed by atoms with Gasteiger partial charge < -0.3 is 10.1 Å². The third-order valence-corrected chi connectivity index (χ3v) is 7.80. The minimum absolute atomic E-state index is 0.0271. The van der Waals surface area contributed by atoms with Crippen LogP contribution in [-0.2, 0) is 16.6 Å². The number of carbonyl (C=O) groups excluding carboxylic acids is 1. The van der Waals surface area contributed by atoms with E-state index >= 15 is 0 Å². The molecule has 0 radical (unpaired) electrons. The van der Waals surface area contributed by atoms with Gasteiger partial charge in [-0.2, -0.15) is 4.31 Å². The van der Waals surface area contributed by atoms with Gasteiger partial charge in [0.25, 0.3) is 5.91 Å². The van der Waals surface area contributed by atoms with Crippen LogP contribution >= 0.6 is 11.3 Å². The summed E-state index contributed by atoms with van der Waals surface area (Å²) in [7, 11) is -3.70. The molecule has 1 aliphatic heterocycles. The van der Waals surface area contributed by atoms with Crippen LogP contribution in [0.2, 0.25) is 0 Å². The fraction of sp³-hybridized carbons (Fsp3) is 0.238. The zero-order valence-electron chi connectivity index (χ0n) is 16.5. The summed E-state index contributed by atoms with van der Waals surface area (Å²) < 4.78 is 46.2. The highest BCUT2D eigenvalue weighted by atomic mass is 32.2. The van der Waals surface area contributed by atoms with Gasteiger partial charge in [-0.15, -0.1) is 11.3 Å². The Morgan fingerprint density at radius 2 is 2.00 bits per heavy atom. The topological polar surface area (TPSA) is 88.6 Å². The van der Waals surface area contributed by atoms with Crippen molar-refractivity contribution in [2.45, 2.75) is 24.3 Å². The fourth-order valence-corrected chi connectivity index (χ4v) is 6.12. The quantitative estimate of drug-likeness (QED) is 0.578. The minimum Gasteiger partial charge on any atom is -0.439 e. The van der Waals surface area contributed by atoms with E-state index in [-0.39, 0.29) is 27.9 Å². The lowest BCUT2D eigenvalue weighted by Crippen LogP contribution is -2.30. The Kier molecular flexibility index (Phi) is 6.30. The van der Waals surface area contributed by atoms with E-state index in [0.717, 1.165) is 24.2 Å². The normalized spacial score (nSPS) is 14.5. The first-order valence-electron chi connectivity index (χ1n) is 9.68. The first-order valence-corrected chi connectivity index (χ1v) is 12.0. The molecule has 0 spiro atoms. The van der Waals surface area contributed by atoms with E-state index in [4.69, 9.17) is 4.74 Å². The van der Waals surface area contributed by atoms with Gasteiger partial charge in [-0.1, -0.05) is 12.1 Å². The third kappa shape index (κ3) is 4.76. The molecule has 0 atom stereocenters. The highest BCUT2D eigenvalue weighted by molar-refractivity contribution is 7.89. The molecule has 31 heavy (non-hydrogen) atoms. The number of nitrogens with one attached hydrogen (secondary N) is 1. The molecular formula is C21H20FN3O4S2. The zero-order chi connectivity index (χ0) is 21.8. The van der Waals surface area contributed by atoms with Gasteiger partial charge in [0.15, 0.2) is 0 Å². The summed E-state index contributed by atoms with van der Waals surface area (Å²) in [5.41, 5.74) is 0.570. The van der Waals surface area contributed by atoms with Gasteiger partial charge in [0.2, 0.25) is 15.9 Å². The van der Waals surface area contributed by atoms with Crippen molar-refractivity contribution in [3.63, 3.8) is 0 Å². The molecule has 3 heterocycles. The number of nitrogens with zero attached hydrogens (tertiary/aromatic N) is 2. The predicted octanol–water partition coefficient (Wildman–Crippen LogP) is 3.79. The monoisotopic (exact) mass is 461 g/mol. The number of rotatable bonds is 7. The molecule has 0 unspecified atom stereocenters. The van der Waals surface area contributed by atoms with Crippen molar-refractivity contribution < 1.29 is 22.3 Å². The van der Waals surface area contributed by atoms with E-state index in [9.17, 15) is 17.6 Å². The number of hydrogen-bond acceptors (Lipinski definition) is 6. The Bertz CT molecular complexity index is 1190. The summed E-state index contributed by atoms with van der Waals surface area (Å²) in [6.45, 7) is 1.00. The minimum atomic E-state index is -3.70. The smallest absolute Gasteiger partial charge is 0.263 e. The van der Waals surface area contributed by atoms with Crippen molar-refractivity contribution in [2.24, 2.45) is 0 Å². The lowest BCUT2D eigenvalue weighted by Gasteiger charge is -2.16. The number of ether oxygens (including phenoxy) is 1. The van der Waals surface area contributed by atoms with Crippen molar-refractivity contribution >= 4 is 27.3 Å². The predicted molar refractivity (Wildman–Crippen MR) is 114 cm³/mol. The molecule has 7 nitrogen and oxygen atoms in total. The first kappa shape index (κ1) is 21.4. The molecule has 1 aliphatic rings. The number of benzene rings is 1. The fourth-order valence-electron chi connectivity index (χ4n) is 3.28. The summed E-state index contributed by atoms with van der Waals surface area (Å²) in [5, 5.41) is 4.33. The van der Waals surface area contributed by atoms with Gasteiger partial charge in [-0.3, -0.25) is 4.79 Å². The summed E-state index contributed by atoms with van der Waals surface area (Å²) in [6.07, 6.45) is 3.17. The average molecular weight is 462 g/mol. The molecule has 4 rings (SSSR count). The molecule has 10 heteroatoms. The molecule has 1 fully saturated rings. The van der Waals surface area contributed by atoms with Crippen molar-refractivity contribution in [1.82, 2.24) is 14.6 Å². The maximum Gasteiger partial charge on any atom is 0.263 e. The Hall–Kier alpha value is -2.82. The first-order chi connectivity index (χ1) is 14.9. The van der Waals surface area contributed by atoms with Gasteiger partial charge >= 0.3 is 0 Å². The highest BCUT2D eigenvalue weighted by Gasteiger charge is 2.31. The summed E-state index contributed by atoms with van der Waals surface area (Å²) in [6, 6.07) is 10.5. The molecule has 2 aromatic heterocycles. The van der Waals surface area contributed by atoms with Crippen LogP contribution in [0.4, 0.5) is 4.39 Å². The van der Waals surface area contributed by atoms with Crippen molar-refractivity contribution in [2.75, 3.05) is 13.1 Å². The summed E-state index contributed by atoms with van der Waals surface area (Å²) in [5.74, 6) is -0.422. The highest BCUT2D eigenvalue weighted by Crippen LogP contribution is 2.28. The van der Waals surface area contributed by atoms with E-state index < -0.39 is 21.7 Å². The standard InChI is InChI=1S/C21H20FN3O4S2/c22-16-6-3-7-17(13-16)29-21-15(5-4-9-23-21)14-24-20(26)19-18(8-12-30-19)31(27,28)25-10-1-2-11-25/h3-9,12-13H,1-2,10-11,14H2,(H,24,26). The molecule has 0 aliphatic carbocycles. The number of pyridine rings is 1. The van der Waals surface area contributed by atoms with Gasteiger partial charge in [0, 0.05) is 37.5 Å². The Balaban J connectivity index is 1.49. The second-order valence-corrected chi connectivity index (χ2v) is 9.76. The number of carbonyl (C=O) groups is 1. The van der Waals surface area contributed by atoms with E-state index in [1.807, 2.05) is 0 Å². The summed E-state index contributed by atoms with van der Waals surface area (Å²) in [4.78, 5) is 17.1. The van der Waals surface area contributed by atoms with Crippen molar-refractivity contribution in [1.29, 1.82) is 0 Å². The lowest BCUT2D eigenvalue weighted by atomic mass is 10.2. The Morgan fingerprint density at radius 3 is 2.77 bits per heavy atom. The lowest BCUT2D eigenvalue weighted by molar-refractivity contribution is 0.0951. The number of amides is 1. The third-order valence-electron chi connectivity index (χ3n) is 4.82. The van der Waals surface area contributed by atoms with Crippen LogP contribution in [0.25, 0.3) is 0 Å². The van der Waals surface area contributed by atoms with E-state index in [2.05, 4.69) is 10.3 Å². The van der Waals surface area contributed by atoms with Gasteiger partial charge in [-0.05, 0) is 42.5 Å². The van der Waals surface area contributed by atoms with Gasteiger partial charge in [0.05, 0.1) is 0 Å². The maximum absolute atomic E-state index is 13.4. The largest absolute Gasteiger partial charge is 0.439 e. The molecule has 1 amide bonds. The van der Waals surface area contributed by atoms with Crippen LogP contribution in [0, 0.1) is 5.82 Å². The number of thiophene rings is 1. The number of hydrogen-bond donors (Lipinski definition) is 1. The van der Waals surface area contributed by atoms with Crippen LogP contribution in [0.5, 0.6) is 11.6 Å². The van der Waals surface area contributed by atoms with Gasteiger partial charge in [-0.25, -0.2) is 17.8 Å². The maximum atomic E-state index is 13.4. The second kappa shape index (κ2) is 9.13. The zero-order valence-corrected chi connectivity index (χ0v) is 18.1. The molecule has 1 N–H and O–H groups in total. The van der Waals surface area contributed by atoms with E-state index in [1.54, 1.807) is 23.6 Å². The van der Waals surface area contributed by atoms with Crippen molar-refractivity contribution in [3.8, 4) is 11.6 Å². The SMILES string of the molecule is O=C(NCc1cccnc1Oc1cccc(F)c1)c1sccc1S(=O)(=O)N1CCCC1. The molecular weight excluding hydrogens is 441 g/mol. The van der Waals surface area contributed by atoms with E-state index in [0.29, 0.717) is 18.7 Å². The number of halogens is 1. The molecule has 1 aromatic carbocycles. The average Bonchev–Trinajstić information content (AvgIpc) is 3.45. The molecule has 0 saturated carbocycles. The van der Waals surface area contributed by atoms with Crippen LogP contribution in [0.15, 0.2) is 58.9 Å². The van der Waals surface area contributed by atoms with Crippen LogP contribution < -0.4 is 10.1 Å². The van der Waals surface area contributed by atoms with Crippen molar-refractivity contribution in [3.05, 3.63) is 70.3 Å². The number of aromatic nitrogens is 1. The molecule has 0 bridgehead atoms. The number of sulfonamides is 1. The van der Waals surface area contributed by atoms with Crippen LogP contribution in [-0.4, -0.2) is 36.7 Å². The molecule has 1 saturated heterocycles. The Morgan fingerprint density at radius 1 is 1.19 bits per heavy atom. The molecule has 3 aromatic rings. The Labute approximate surface area is 183 Å².